The summed E-state index contributed by atoms with van der Waals surface area (Å²) in [7, 11) is 0. The number of aromatic nitrogens is 1. The lowest BCUT2D eigenvalue weighted by molar-refractivity contribution is 0.0945. The normalized spacial score (nSPS) is 10.3. The van der Waals surface area contributed by atoms with Crippen LogP contribution < -0.4 is 10.6 Å². The molecular formula is C22H21N3O2. The van der Waals surface area contributed by atoms with Crippen molar-refractivity contribution in [2.24, 2.45) is 0 Å². The number of pyridine rings is 1. The van der Waals surface area contributed by atoms with E-state index in [1.807, 2.05) is 62.4 Å². The second kappa shape index (κ2) is 8.27. The molecule has 1 heterocycles. The largest absolute Gasteiger partial charge is 0.347 e. The van der Waals surface area contributed by atoms with Gasteiger partial charge in [-0.1, -0.05) is 54.6 Å². The predicted octanol–water partition coefficient (Wildman–Crippen LogP) is 3.88. The Balaban J connectivity index is 1.71. The Kier molecular flexibility index (Phi) is 5.61. The predicted molar refractivity (Wildman–Crippen MR) is 106 cm³/mol. The Labute approximate surface area is 158 Å². The van der Waals surface area contributed by atoms with Crippen LogP contribution in [0.4, 0.5) is 5.69 Å². The molecule has 0 bridgehead atoms. The average Bonchev–Trinajstić information content (AvgIpc) is 2.70. The van der Waals surface area contributed by atoms with Gasteiger partial charge in [0, 0.05) is 12.2 Å². The van der Waals surface area contributed by atoms with Gasteiger partial charge in [0.1, 0.15) is 11.4 Å². The third kappa shape index (κ3) is 4.58. The van der Waals surface area contributed by atoms with Crippen molar-refractivity contribution in [3.63, 3.8) is 0 Å². The Morgan fingerprint density at radius 3 is 2.04 bits per heavy atom. The number of amides is 2. The molecule has 0 aliphatic heterocycles. The fourth-order valence-corrected chi connectivity index (χ4v) is 2.75. The van der Waals surface area contributed by atoms with E-state index in [2.05, 4.69) is 15.6 Å². The number of hydrogen-bond donors (Lipinski definition) is 2. The number of carbonyl (C=O) groups is 2. The first-order chi connectivity index (χ1) is 13.0. The Morgan fingerprint density at radius 1 is 0.778 bits per heavy atom. The van der Waals surface area contributed by atoms with Gasteiger partial charge in [0.2, 0.25) is 0 Å². The van der Waals surface area contributed by atoms with E-state index in [0.717, 1.165) is 22.4 Å². The first-order valence-electron chi connectivity index (χ1n) is 8.71. The summed E-state index contributed by atoms with van der Waals surface area (Å²) in [5, 5.41) is 5.70. The van der Waals surface area contributed by atoms with E-state index in [9.17, 15) is 9.59 Å². The summed E-state index contributed by atoms with van der Waals surface area (Å²) in [6.45, 7) is 4.27. The molecule has 136 valence electrons. The van der Waals surface area contributed by atoms with Crippen LogP contribution in [0.1, 0.15) is 37.7 Å². The van der Waals surface area contributed by atoms with Gasteiger partial charge in [-0.2, -0.15) is 0 Å². The summed E-state index contributed by atoms with van der Waals surface area (Å²) in [6, 6.07) is 20.3. The molecule has 27 heavy (non-hydrogen) atoms. The van der Waals surface area contributed by atoms with E-state index >= 15 is 0 Å². The highest BCUT2D eigenvalue weighted by atomic mass is 16.2. The molecule has 2 N–H and O–H groups in total. The molecule has 2 aromatic carbocycles. The van der Waals surface area contributed by atoms with Crippen LogP contribution in [0, 0.1) is 13.8 Å². The number of anilines is 1. The van der Waals surface area contributed by atoms with Crippen LogP contribution >= 0.6 is 0 Å². The van der Waals surface area contributed by atoms with Crippen molar-refractivity contribution in [3.05, 3.63) is 94.8 Å². The number of carbonyl (C=O) groups excluding carboxylic acids is 2. The maximum absolute atomic E-state index is 12.6. The van der Waals surface area contributed by atoms with Crippen molar-refractivity contribution in [3.8, 4) is 0 Å². The van der Waals surface area contributed by atoms with E-state index in [4.69, 9.17) is 0 Å². The highest BCUT2D eigenvalue weighted by Crippen LogP contribution is 2.20. The molecule has 5 heteroatoms. The van der Waals surface area contributed by atoms with Crippen LogP contribution in [0.5, 0.6) is 0 Å². The third-order valence-corrected chi connectivity index (χ3v) is 4.23. The lowest BCUT2D eigenvalue weighted by Gasteiger charge is -2.11. The molecule has 1 aromatic heterocycles. The molecule has 0 unspecified atom stereocenters. The highest BCUT2D eigenvalue weighted by molar-refractivity contribution is 6.04. The van der Waals surface area contributed by atoms with E-state index in [0.29, 0.717) is 6.54 Å². The summed E-state index contributed by atoms with van der Waals surface area (Å²) in [4.78, 5) is 29.1. The molecular weight excluding hydrogens is 338 g/mol. The van der Waals surface area contributed by atoms with Gasteiger partial charge < -0.3 is 10.6 Å². The second-order valence-electron chi connectivity index (χ2n) is 6.30. The highest BCUT2D eigenvalue weighted by Gasteiger charge is 2.14. The topological polar surface area (TPSA) is 71.1 Å². The van der Waals surface area contributed by atoms with Crippen LogP contribution in [0.3, 0.4) is 0 Å². The minimum atomic E-state index is -0.342. The minimum absolute atomic E-state index is 0.199. The zero-order valence-corrected chi connectivity index (χ0v) is 15.3. The molecule has 2 amide bonds. The SMILES string of the molecule is Cc1cccc(C)c1NC(=O)c1cccc(C(=O)NCc2ccccc2)n1. The molecule has 0 atom stereocenters. The number of aryl methyl sites for hydroxylation is 2. The van der Waals surface area contributed by atoms with Crippen molar-refractivity contribution < 1.29 is 9.59 Å². The standard InChI is InChI=1S/C22H21N3O2/c1-15-8-6-9-16(2)20(15)25-22(27)19-13-7-12-18(24-19)21(26)23-14-17-10-4-3-5-11-17/h3-13H,14H2,1-2H3,(H,23,26)(H,25,27). The number of para-hydroxylation sites is 1. The van der Waals surface area contributed by atoms with Crippen molar-refractivity contribution in [2.75, 3.05) is 5.32 Å². The fraction of sp³-hybridized carbons (Fsp3) is 0.136. The monoisotopic (exact) mass is 359 g/mol. The van der Waals surface area contributed by atoms with Gasteiger partial charge in [-0.25, -0.2) is 4.98 Å². The van der Waals surface area contributed by atoms with E-state index < -0.39 is 0 Å². The Morgan fingerprint density at radius 2 is 1.37 bits per heavy atom. The number of rotatable bonds is 5. The first kappa shape index (κ1) is 18.3. The molecule has 0 radical (unpaired) electrons. The smallest absolute Gasteiger partial charge is 0.274 e. The van der Waals surface area contributed by atoms with Crippen molar-refractivity contribution in [2.45, 2.75) is 20.4 Å². The van der Waals surface area contributed by atoms with Gasteiger partial charge in [0.25, 0.3) is 11.8 Å². The molecule has 5 nitrogen and oxygen atoms in total. The summed E-state index contributed by atoms with van der Waals surface area (Å²) >= 11 is 0. The molecule has 0 fully saturated rings. The van der Waals surface area contributed by atoms with Crippen molar-refractivity contribution in [1.29, 1.82) is 0 Å². The molecule has 0 spiro atoms. The fourth-order valence-electron chi connectivity index (χ4n) is 2.75. The van der Waals surface area contributed by atoms with Crippen molar-refractivity contribution in [1.82, 2.24) is 10.3 Å². The van der Waals surface area contributed by atoms with Gasteiger partial charge in [0.05, 0.1) is 0 Å². The quantitative estimate of drug-likeness (QED) is 0.726. The second-order valence-corrected chi connectivity index (χ2v) is 6.30. The molecule has 0 aliphatic carbocycles. The molecule has 3 rings (SSSR count). The van der Waals surface area contributed by atoms with Crippen LogP contribution in [0.15, 0.2) is 66.7 Å². The van der Waals surface area contributed by atoms with Gasteiger partial charge in [-0.15, -0.1) is 0 Å². The number of hydrogen-bond acceptors (Lipinski definition) is 3. The van der Waals surface area contributed by atoms with E-state index in [-0.39, 0.29) is 23.2 Å². The summed E-state index contributed by atoms with van der Waals surface area (Å²) in [5.74, 6) is -0.661. The third-order valence-electron chi connectivity index (χ3n) is 4.23. The lowest BCUT2D eigenvalue weighted by Crippen LogP contribution is -2.25. The van der Waals surface area contributed by atoms with Crippen LogP contribution in [0.25, 0.3) is 0 Å². The zero-order valence-electron chi connectivity index (χ0n) is 15.3. The van der Waals surface area contributed by atoms with Crippen LogP contribution in [-0.2, 0) is 6.54 Å². The number of nitrogens with one attached hydrogen (secondary N) is 2. The Hall–Kier alpha value is -3.47. The first-order valence-corrected chi connectivity index (χ1v) is 8.71. The minimum Gasteiger partial charge on any atom is -0.347 e. The van der Waals surface area contributed by atoms with E-state index in [1.165, 1.54) is 0 Å². The van der Waals surface area contributed by atoms with Gasteiger partial charge in [-0.3, -0.25) is 9.59 Å². The number of benzene rings is 2. The maximum Gasteiger partial charge on any atom is 0.274 e. The molecule has 0 saturated carbocycles. The zero-order chi connectivity index (χ0) is 19.2. The van der Waals surface area contributed by atoms with Gasteiger partial charge >= 0.3 is 0 Å². The molecule has 0 saturated heterocycles. The van der Waals surface area contributed by atoms with Gasteiger partial charge in [0.15, 0.2) is 0 Å². The van der Waals surface area contributed by atoms with Gasteiger partial charge in [-0.05, 0) is 42.7 Å². The summed E-state index contributed by atoms with van der Waals surface area (Å²) < 4.78 is 0. The lowest BCUT2D eigenvalue weighted by atomic mass is 10.1. The number of nitrogens with zero attached hydrogens (tertiary/aromatic N) is 1. The Bertz CT molecular complexity index is 948. The molecule has 0 aliphatic rings. The van der Waals surface area contributed by atoms with Crippen LogP contribution in [-0.4, -0.2) is 16.8 Å². The average molecular weight is 359 g/mol. The van der Waals surface area contributed by atoms with E-state index in [1.54, 1.807) is 18.2 Å². The maximum atomic E-state index is 12.6. The van der Waals surface area contributed by atoms with Crippen LogP contribution in [0.2, 0.25) is 0 Å². The van der Waals surface area contributed by atoms with Crippen molar-refractivity contribution >= 4 is 17.5 Å². The molecule has 3 aromatic rings. The summed E-state index contributed by atoms with van der Waals surface area (Å²) in [6.07, 6.45) is 0. The summed E-state index contributed by atoms with van der Waals surface area (Å²) in [5.41, 5.74) is 4.11.